The van der Waals surface area contributed by atoms with Crippen LogP contribution in [0.5, 0.6) is 0 Å². The number of furan rings is 1. The Bertz CT molecular complexity index is 395. The molecule has 0 spiro atoms. The number of nitrogens with one attached hydrogen (secondary N) is 1. The molecule has 1 aromatic heterocycles. The lowest BCUT2D eigenvalue weighted by atomic mass is 10.2. The molecule has 1 aromatic rings. The average molecular weight is 212 g/mol. The first kappa shape index (κ1) is 9.66. The Balaban J connectivity index is 2.01. The Morgan fingerprint density at radius 2 is 2.27 bits per heavy atom. The Morgan fingerprint density at radius 3 is 2.73 bits per heavy atom. The standard InChI is InChI=1S/C8H8N2O5/c11-8(9-5-3-14-4-5)6-1-2-7(15-6)10(12)13/h1-2,5H,3-4H2,(H,9,11). The van der Waals surface area contributed by atoms with Crippen LogP contribution >= 0.6 is 0 Å². The van der Waals surface area contributed by atoms with Gasteiger partial charge in [-0.3, -0.25) is 14.9 Å². The highest BCUT2D eigenvalue weighted by molar-refractivity contribution is 5.91. The molecule has 15 heavy (non-hydrogen) atoms. The van der Waals surface area contributed by atoms with Crippen molar-refractivity contribution in [3.05, 3.63) is 28.0 Å². The summed E-state index contributed by atoms with van der Waals surface area (Å²) in [4.78, 5) is 21.0. The first-order valence-corrected chi connectivity index (χ1v) is 4.29. The van der Waals surface area contributed by atoms with E-state index in [1.54, 1.807) is 0 Å². The van der Waals surface area contributed by atoms with Crippen molar-refractivity contribution in [3.63, 3.8) is 0 Å². The monoisotopic (exact) mass is 212 g/mol. The van der Waals surface area contributed by atoms with Gasteiger partial charge in [-0.15, -0.1) is 0 Å². The molecule has 2 heterocycles. The van der Waals surface area contributed by atoms with Crippen LogP contribution < -0.4 is 5.32 Å². The largest absolute Gasteiger partial charge is 0.433 e. The number of hydrogen-bond acceptors (Lipinski definition) is 5. The quantitative estimate of drug-likeness (QED) is 0.575. The van der Waals surface area contributed by atoms with Crippen LogP contribution in [0.4, 0.5) is 5.88 Å². The van der Waals surface area contributed by atoms with Crippen molar-refractivity contribution >= 4 is 11.8 Å². The van der Waals surface area contributed by atoms with E-state index in [0.29, 0.717) is 13.2 Å². The summed E-state index contributed by atoms with van der Waals surface area (Å²) in [6.45, 7) is 0.934. The van der Waals surface area contributed by atoms with Crippen molar-refractivity contribution in [3.8, 4) is 0 Å². The van der Waals surface area contributed by atoms with Gasteiger partial charge in [-0.1, -0.05) is 0 Å². The van der Waals surface area contributed by atoms with Crippen molar-refractivity contribution in [2.24, 2.45) is 0 Å². The Kier molecular flexibility index (Phi) is 2.38. The van der Waals surface area contributed by atoms with E-state index >= 15 is 0 Å². The van der Waals surface area contributed by atoms with Crippen LogP contribution in [-0.4, -0.2) is 30.1 Å². The third-order valence-corrected chi connectivity index (χ3v) is 1.97. The SMILES string of the molecule is O=C(NC1COC1)c1ccc([N+](=O)[O-])o1. The van der Waals surface area contributed by atoms with Crippen LogP contribution in [0.1, 0.15) is 10.6 Å². The molecule has 1 aliphatic heterocycles. The van der Waals surface area contributed by atoms with Gasteiger partial charge in [0.1, 0.15) is 4.92 Å². The summed E-state index contributed by atoms with van der Waals surface area (Å²) < 4.78 is 9.59. The van der Waals surface area contributed by atoms with E-state index in [9.17, 15) is 14.9 Å². The van der Waals surface area contributed by atoms with Gasteiger partial charge < -0.3 is 14.5 Å². The van der Waals surface area contributed by atoms with Crippen molar-refractivity contribution < 1.29 is 18.9 Å². The first-order valence-electron chi connectivity index (χ1n) is 4.29. The number of carbonyl (C=O) groups excluding carboxylic acids is 1. The lowest BCUT2D eigenvalue weighted by Gasteiger charge is -2.26. The lowest BCUT2D eigenvalue weighted by Crippen LogP contribution is -2.48. The minimum atomic E-state index is -0.691. The predicted molar refractivity (Wildman–Crippen MR) is 47.4 cm³/mol. The van der Waals surface area contributed by atoms with Gasteiger partial charge in [0.05, 0.1) is 25.3 Å². The summed E-state index contributed by atoms with van der Waals surface area (Å²) in [5, 5.41) is 12.9. The topological polar surface area (TPSA) is 94.6 Å². The molecule has 0 aliphatic carbocycles. The van der Waals surface area contributed by atoms with Crippen molar-refractivity contribution in [2.45, 2.75) is 6.04 Å². The van der Waals surface area contributed by atoms with E-state index in [4.69, 9.17) is 9.15 Å². The molecule has 1 aliphatic rings. The van der Waals surface area contributed by atoms with Gasteiger partial charge in [-0.25, -0.2) is 0 Å². The minimum Gasteiger partial charge on any atom is -0.395 e. The molecule has 0 atom stereocenters. The summed E-state index contributed by atoms with van der Waals surface area (Å²) in [5.41, 5.74) is 0. The summed E-state index contributed by atoms with van der Waals surface area (Å²) in [5.74, 6) is -0.963. The highest BCUT2D eigenvalue weighted by Crippen LogP contribution is 2.15. The summed E-state index contributed by atoms with van der Waals surface area (Å²) in [7, 11) is 0. The number of hydrogen-bond donors (Lipinski definition) is 1. The second kappa shape index (κ2) is 3.70. The summed E-state index contributed by atoms with van der Waals surface area (Å²) >= 11 is 0. The van der Waals surface area contributed by atoms with E-state index in [2.05, 4.69) is 5.32 Å². The zero-order valence-corrected chi connectivity index (χ0v) is 7.63. The van der Waals surface area contributed by atoms with Gasteiger partial charge in [0.2, 0.25) is 0 Å². The Hall–Kier alpha value is -1.89. The smallest absolute Gasteiger partial charge is 0.395 e. The zero-order chi connectivity index (χ0) is 10.8. The van der Waals surface area contributed by atoms with Crippen LogP contribution in [0.25, 0.3) is 0 Å². The van der Waals surface area contributed by atoms with Gasteiger partial charge in [0, 0.05) is 0 Å². The number of ether oxygens (including phenoxy) is 1. The van der Waals surface area contributed by atoms with Crippen molar-refractivity contribution in [1.82, 2.24) is 5.32 Å². The molecule has 0 unspecified atom stereocenters. The molecule has 0 bridgehead atoms. The third kappa shape index (κ3) is 1.96. The minimum absolute atomic E-state index is 0.0262. The number of rotatable bonds is 3. The molecule has 1 fully saturated rings. The van der Waals surface area contributed by atoms with Crippen LogP contribution in [0.3, 0.4) is 0 Å². The van der Waals surface area contributed by atoms with E-state index in [1.165, 1.54) is 6.07 Å². The number of amides is 1. The normalized spacial score (nSPS) is 15.7. The van der Waals surface area contributed by atoms with Gasteiger partial charge in [0.25, 0.3) is 5.91 Å². The fourth-order valence-corrected chi connectivity index (χ4v) is 1.12. The molecule has 1 amide bonds. The molecule has 1 N–H and O–H groups in total. The maximum Gasteiger partial charge on any atom is 0.433 e. The molecule has 7 nitrogen and oxygen atoms in total. The molecule has 7 heteroatoms. The average Bonchev–Trinajstić information content (AvgIpc) is 2.59. The molecule has 80 valence electrons. The highest BCUT2D eigenvalue weighted by Gasteiger charge is 2.23. The molecular formula is C8H8N2O5. The molecule has 0 saturated carbocycles. The van der Waals surface area contributed by atoms with Crippen LogP contribution in [0.15, 0.2) is 16.5 Å². The molecule has 0 aromatic carbocycles. The fourth-order valence-electron chi connectivity index (χ4n) is 1.12. The fraction of sp³-hybridized carbons (Fsp3) is 0.375. The zero-order valence-electron chi connectivity index (χ0n) is 7.63. The Labute approximate surface area is 84.2 Å². The lowest BCUT2D eigenvalue weighted by molar-refractivity contribution is -0.402. The second-order valence-electron chi connectivity index (χ2n) is 3.10. The molecule has 2 rings (SSSR count). The summed E-state index contributed by atoms with van der Waals surface area (Å²) in [6.07, 6.45) is 0. The van der Waals surface area contributed by atoms with E-state index in [0.717, 1.165) is 6.07 Å². The van der Waals surface area contributed by atoms with Gasteiger partial charge in [0.15, 0.2) is 5.76 Å². The van der Waals surface area contributed by atoms with E-state index in [1.807, 2.05) is 0 Å². The van der Waals surface area contributed by atoms with Gasteiger partial charge in [-0.05, 0) is 6.07 Å². The van der Waals surface area contributed by atoms with Gasteiger partial charge in [-0.2, -0.15) is 0 Å². The van der Waals surface area contributed by atoms with Gasteiger partial charge >= 0.3 is 5.88 Å². The first-order chi connectivity index (χ1) is 7.16. The molecule has 0 radical (unpaired) electrons. The molecule has 1 saturated heterocycles. The van der Waals surface area contributed by atoms with Crippen LogP contribution in [0.2, 0.25) is 0 Å². The highest BCUT2D eigenvalue weighted by atomic mass is 16.6. The maximum absolute atomic E-state index is 11.4. The number of nitrogens with zero attached hydrogens (tertiary/aromatic N) is 1. The maximum atomic E-state index is 11.4. The second-order valence-corrected chi connectivity index (χ2v) is 3.10. The number of carbonyl (C=O) groups is 1. The van der Waals surface area contributed by atoms with E-state index < -0.39 is 16.7 Å². The number of nitro groups is 1. The molecular weight excluding hydrogens is 204 g/mol. The summed E-state index contributed by atoms with van der Waals surface area (Å²) in [6, 6.07) is 2.39. The third-order valence-electron chi connectivity index (χ3n) is 1.97. The van der Waals surface area contributed by atoms with Crippen LogP contribution in [-0.2, 0) is 4.74 Å². The predicted octanol–water partition coefficient (Wildman–Crippen LogP) is 0.316. The Morgan fingerprint density at radius 1 is 1.53 bits per heavy atom. The van der Waals surface area contributed by atoms with Crippen molar-refractivity contribution in [2.75, 3.05) is 13.2 Å². The van der Waals surface area contributed by atoms with E-state index in [-0.39, 0.29) is 11.8 Å². The van der Waals surface area contributed by atoms with Crippen molar-refractivity contribution in [1.29, 1.82) is 0 Å². The van der Waals surface area contributed by atoms with Crippen LogP contribution in [0, 0.1) is 10.1 Å².